The molecular formula is C21H23LiN2O2. The first-order valence-electron chi connectivity index (χ1n) is 9.03. The number of piperidine rings is 1. The predicted molar refractivity (Wildman–Crippen MR) is 96.1 cm³/mol. The van der Waals surface area contributed by atoms with Gasteiger partial charge in [0.05, 0.1) is 5.97 Å². The minimum absolute atomic E-state index is 0. The monoisotopic (exact) mass is 342 g/mol. The minimum atomic E-state index is -1.12. The van der Waals surface area contributed by atoms with Gasteiger partial charge in [-0.3, -0.25) is 4.90 Å². The maximum Gasteiger partial charge on any atom is 1.00 e. The number of hydrogen-bond acceptors (Lipinski definition) is 4. The molecule has 2 aromatic carbocycles. The van der Waals surface area contributed by atoms with Gasteiger partial charge >= 0.3 is 18.9 Å². The number of carboxylic acids is 1. The first-order chi connectivity index (χ1) is 12.2. The fourth-order valence-corrected chi connectivity index (χ4v) is 4.45. The number of carboxylic acid groups (broad SMARTS) is 1. The van der Waals surface area contributed by atoms with Crippen LogP contribution in [0.15, 0.2) is 54.6 Å². The molecule has 2 atom stereocenters. The summed E-state index contributed by atoms with van der Waals surface area (Å²) < 4.78 is 0. The number of fused-ring (bicyclic) bond motifs is 2. The minimum Gasteiger partial charge on any atom is -0.545 e. The first-order valence-corrected chi connectivity index (χ1v) is 9.03. The van der Waals surface area contributed by atoms with E-state index in [1.165, 1.54) is 18.4 Å². The summed E-state index contributed by atoms with van der Waals surface area (Å²) in [5.74, 6) is 0.118. The summed E-state index contributed by atoms with van der Waals surface area (Å²) in [6, 6.07) is 18.1. The summed E-state index contributed by atoms with van der Waals surface area (Å²) in [7, 11) is 0. The Morgan fingerprint density at radius 3 is 2.38 bits per heavy atom. The molecule has 1 N–H and O–H groups in total. The summed E-state index contributed by atoms with van der Waals surface area (Å²) >= 11 is 0. The van der Waals surface area contributed by atoms with Crippen molar-refractivity contribution < 1.29 is 28.8 Å². The average molecular weight is 342 g/mol. The van der Waals surface area contributed by atoms with Crippen molar-refractivity contribution in [1.29, 1.82) is 0 Å². The Kier molecular flexibility index (Phi) is 6.08. The van der Waals surface area contributed by atoms with Crippen LogP contribution in [0.3, 0.4) is 0 Å². The smallest absolute Gasteiger partial charge is 0.545 e. The molecule has 0 amide bonds. The maximum absolute atomic E-state index is 11.1. The Balaban J connectivity index is 0.00000196. The Bertz CT molecular complexity index is 739. The van der Waals surface area contributed by atoms with Crippen LogP contribution in [0.5, 0.6) is 0 Å². The van der Waals surface area contributed by atoms with E-state index in [-0.39, 0.29) is 24.4 Å². The molecule has 2 aliphatic rings. The molecule has 2 aromatic rings. The van der Waals surface area contributed by atoms with Crippen molar-refractivity contribution in [1.82, 2.24) is 4.90 Å². The van der Waals surface area contributed by atoms with E-state index < -0.39 is 5.97 Å². The van der Waals surface area contributed by atoms with Crippen LogP contribution in [-0.2, 0) is 6.54 Å². The van der Waals surface area contributed by atoms with E-state index in [0.29, 0.717) is 17.9 Å². The van der Waals surface area contributed by atoms with Gasteiger partial charge < -0.3 is 15.2 Å². The van der Waals surface area contributed by atoms with Gasteiger partial charge in [0.2, 0.25) is 0 Å². The zero-order chi connectivity index (χ0) is 17.2. The Morgan fingerprint density at radius 2 is 1.73 bits per heavy atom. The quantitative estimate of drug-likeness (QED) is 0.736. The zero-order valence-electron chi connectivity index (χ0n) is 15.2. The van der Waals surface area contributed by atoms with E-state index in [0.717, 1.165) is 25.3 Å². The molecule has 5 heteroatoms. The number of hydrogen-bond donors (Lipinski definition) is 1. The van der Waals surface area contributed by atoms with E-state index in [9.17, 15) is 9.90 Å². The van der Waals surface area contributed by atoms with Crippen molar-refractivity contribution in [3.8, 4) is 0 Å². The Morgan fingerprint density at radius 1 is 1.04 bits per heavy atom. The van der Waals surface area contributed by atoms with Gasteiger partial charge in [-0.2, -0.15) is 0 Å². The molecule has 1 saturated heterocycles. The van der Waals surface area contributed by atoms with E-state index in [1.807, 2.05) is 6.07 Å². The number of carbonyl (C=O) groups is 1. The third kappa shape index (κ3) is 4.15. The molecular weight excluding hydrogens is 319 g/mol. The van der Waals surface area contributed by atoms with E-state index in [2.05, 4.69) is 40.5 Å². The zero-order valence-corrected chi connectivity index (χ0v) is 15.2. The number of likely N-dealkylation sites (tertiary alicyclic amines) is 1. The first kappa shape index (κ1) is 19.0. The molecule has 130 valence electrons. The van der Waals surface area contributed by atoms with Crippen LogP contribution in [0.4, 0.5) is 5.69 Å². The van der Waals surface area contributed by atoms with Crippen molar-refractivity contribution in [2.75, 3.05) is 18.4 Å². The Labute approximate surface area is 166 Å². The molecule has 0 spiro atoms. The van der Waals surface area contributed by atoms with Crippen LogP contribution in [0, 0.1) is 11.8 Å². The fraction of sp³-hybridized carbons (Fsp3) is 0.381. The summed E-state index contributed by atoms with van der Waals surface area (Å²) in [4.78, 5) is 13.6. The molecule has 2 unspecified atom stereocenters. The second kappa shape index (κ2) is 8.31. The number of carbonyl (C=O) groups excluding carboxylic acids is 1. The van der Waals surface area contributed by atoms with Gasteiger partial charge in [0, 0.05) is 31.4 Å². The largest absolute Gasteiger partial charge is 1.00 e. The maximum atomic E-state index is 11.1. The van der Waals surface area contributed by atoms with Gasteiger partial charge in [0.25, 0.3) is 0 Å². The second-order valence-electron chi connectivity index (χ2n) is 7.32. The molecule has 4 nitrogen and oxygen atoms in total. The third-order valence-electron chi connectivity index (χ3n) is 5.59. The third-order valence-corrected chi connectivity index (χ3v) is 5.59. The van der Waals surface area contributed by atoms with Gasteiger partial charge in [-0.05, 0) is 47.9 Å². The normalized spacial score (nSPS) is 24.7. The molecule has 0 radical (unpaired) electrons. The summed E-state index contributed by atoms with van der Waals surface area (Å²) in [5, 5.41) is 14.7. The second-order valence-corrected chi connectivity index (χ2v) is 7.32. The summed E-state index contributed by atoms with van der Waals surface area (Å²) in [6.07, 6.45) is 2.49. The summed E-state index contributed by atoms with van der Waals surface area (Å²) in [5.41, 5.74) is 2.49. The van der Waals surface area contributed by atoms with Gasteiger partial charge in [0.1, 0.15) is 0 Å². The Hall–Kier alpha value is -1.73. The van der Waals surface area contributed by atoms with Gasteiger partial charge in [-0.1, -0.05) is 42.5 Å². The number of aromatic carboxylic acids is 1. The van der Waals surface area contributed by atoms with E-state index in [1.54, 1.807) is 18.2 Å². The van der Waals surface area contributed by atoms with E-state index in [4.69, 9.17) is 0 Å². The van der Waals surface area contributed by atoms with Crippen LogP contribution >= 0.6 is 0 Å². The molecule has 4 rings (SSSR count). The molecule has 1 aliphatic heterocycles. The van der Waals surface area contributed by atoms with Gasteiger partial charge in [-0.15, -0.1) is 0 Å². The van der Waals surface area contributed by atoms with Crippen LogP contribution in [0.1, 0.15) is 28.8 Å². The topological polar surface area (TPSA) is 55.4 Å². The number of nitrogens with one attached hydrogen (secondary N) is 1. The predicted octanol–water partition coefficient (Wildman–Crippen LogP) is -0.623. The van der Waals surface area contributed by atoms with Crippen LogP contribution < -0.4 is 29.3 Å². The molecule has 2 bridgehead atoms. The SMILES string of the molecule is O=C([O-])c1cccc(NC2C3CCC2CN(Cc2ccccc2)C3)c1.[Li+]. The number of nitrogens with zero attached hydrogens (tertiary/aromatic N) is 1. The van der Waals surface area contributed by atoms with Crippen molar-refractivity contribution in [2.45, 2.75) is 25.4 Å². The molecule has 1 aliphatic carbocycles. The van der Waals surface area contributed by atoms with Crippen molar-refractivity contribution in [3.05, 3.63) is 65.7 Å². The molecule has 0 aromatic heterocycles. The van der Waals surface area contributed by atoms with Crippen molar-refractivity contribution >= 4 is 11.7 Å². The molecule has 1 saturated carbocycles. The fourth-order valence-electron chi connectivity index (χ4n) is 4.45. The summed E-state index contributed by atoms with van der Waals surface area (Å²) in [6.45, 7) is 3.22. The van der Waals surface area contributed by atoms with Crippen LogP contribution in [0.25, 0.3) is 0 Å². The van der Waals surface area contributed by atoms with Crippen LogP contribution in [0.2, 0.25) is 0 Å². The van der Waals surface area contributed by atoms with Crippen molar-refractivity contribution in [2.24, 2.45) is 11.8 Å². The number of benzene rings is 2. The van der Waals surface area contributed by atoms with Crippen molar-refractivity contribution in [3.63, 3.8) is 0 Å². The van der Waals surface area contributed by atoms with Crippen LogP contribution in [-0.4, -0.2) is 30.0 Å². The van der Waals surface area contributed by atoms with E-state index >= 15 is 0 Å². The molecule has 26 heavy (non-hydrogen) atoms. The standard InChI is InChI=1S/C21H24N2O2.Li/c24-21(25)16-7-4-8-19(11-16)22-20-17-9-10-18(20)14-23(13-17)12-15-5-2-1-3-6-15;/h1-8,11,17-18,20,22H,9-10,12-14H2,(H,24,25);/q;+1/p-1. The molecule has 1 heterocycles. The van der Waals surface area contributed by atoms with Gasteiger partial charge in [0.15, 0.2) is 0 Å². The number of anilines is 1. The average Bonchev–Trinajstić information content (AvgIpc) is 2.85. The number of rotatable bonds is 5. The van der Waals surface area contributed by atoms with Gasteiger partial charge in [-0.25, -0.2) is 0 Å². The molecule has 2 fully saturated rings.